The highest BCUT2D eigenvalue weighted by molar-refractivity contribution is 8.07. The number of carbonyl (C=O) groups is 1. The van der Waals surface area contributed by atoms with Gasteiger partial charge in [0.2, 0.25) is 5.91 Å². The van der Waals surface area contributed by atoms with Gasteiger partial charge >= 0.3 is 0 Å². The van der Waals surface area contributed by atoms with E-state index >= 15 is 0 Å². The molecule has 0 aromatic rings. The van der Waals surface area contributed by atoms with Gasteiger partial charge in [0.05, 0.1) is 5.25 Å². The summed E-state index contributed by atoms with van der Waals surface area (Å²) in [5.74, 6) is 3.54. The van der Waals surface area contributed by atoms with Gasteiger partial charge in [0, 0.05) is 29.8 Å². The van der Waals surface area contributed by atoms with Gasteiger partial charge in [-0.25, -0.2) is 0 Å². The third-order valence-corrected chi connectivity index (χ3v) is 5.27. The Hall–Kier alpha value is 0.420. The molecule has 2 unspecified atom stereocenters. The van der Waals surface area contributed by atoms with Crippen molar-refractivity contribution < 1.29 is 4.79 Å². The normalized spacial score (nSPS) is 30.7. The first kappa shape index (κ1) is 13.5. The van der Waals surface area contributed by atoms with Gasteiger partial charge in [-0.2, -0.15) is 11.8 Å². The predicted octanol–water partition coefficient (Wildman–Crippen LogP) is 0.735. The van der Waals surface area contributed by atoms with E-state index in [-0.39, 0.29) is 23.6 Å². The second-order valence-electron chi connectivity index (χ2n) is 3.63. The van der Waals surface area contributed by atoms with E-state index in [4.69, 9.17) is 0 Å². The first-order valence-electron chi connectivity index (χ1n) is 5.07. The molecule has 15 heavy (non-hydrogen) atoms. The van der Waals surface area contributed by atoms with E-state index in [9.17, 15) is 4.79 Å². The van der Waals surface area contributed by atoms with Crippen LogP contribution in [0, 0.1) is 0 Å². The molecule has 2 atom stereocenters. The van der Waals surface area contributed by atoms with E-state index in [1.165, 1.54) is 5.75 Å². The predicted molar refractivity (Wildman–Crippen MR) is 70.2 cm³/mol. The van der Waals surface area contributed by atoms with Crippen LogP contribution in [0.2, 0.25) is 0 Å². The van der Waals surface area contributed by atoms with Crippen molar-refractivity contribution in [1.82, 2.24) is 10.6 Å². The highest BCUT2D eigenvalue weighted by Crippen LogP contribution is 2.24. The molecule has 2 fully saturated rings. The molecule has 2 aliphatic rings. The minimum atomic E-state index is 0. The zero-order valence-electron chi connectivity index (χ0n) is 8.53. The molecule has 2 saturated heterocycles. The van der Waals surface area contributed by atoms with Gasteiger partial charge in [-0.1, -0.05) is 0 Å². The third-order valence-electron chi connectivity index (χ3n) is 2.52. The fraction of sp³-hybridized carbons (Fsp3) is 0.889. The van der Waals surface area contributed by atoms with Crippen molar-refractivity contribution >= 4 is 41.8 Å². The minimum absolute atomic E-state index is 0. The summed E-state index contributed by atoms with van der Waals surface area (Å²) in [6.45, 7) is 1.98. The van der Waals surface area contributed by atoms with E-state index in [2.05, 4.69) is 10.6 Å². The Morgan fingerprint density at radius 1 is 1.40 bits per heavy atom. The molecular weight excluding hydrogens is 252 g/mol. The van der Waals surface area contributed by atoms with Crippen LogP contribution in [0.1, 0.15) is 6.42 Å². The molecule has 6 heteroatoms. The molecule has 0 radical (unpaired) electrons. The van der Waals surface area contributed by atoms with Gasteiger partial charge in [0.1, 0.15) is 0 Å². The highest BCUT2D eigenvalue weighted by atomic mass is 35.5. The third kappa shape index (κ3) is 4.06. The van der Waals surface area contributed by atoms with Crippen LogP contribution in [0.5, 0.6) is 0 Å². The number of hydrogen-bond donors (Lipinski definition) is 2. The van der Waals surface area contributed by atoms with Crippen molar-refractivity contribution in [2.45, 2.75) is 17.7 Å². The number of carbonyl (C=O) groups excluding carboxylic acids is 1. The van der Waals surface area contributed by atoms with Crippen molar-refractivity contribution in [2.75, 3.05) is 30.3 Å². The summed E-state index contributed by atoms with van der Waals surface area (Å²) < 4.78 is 0. The van der Waals surface area contributed by atoms with Gasteiger partial charge in [-0.3, -0.25) is 4.79 Å². The molecule has 2 heterocycles. The average Bonchev–Trinajstić information content (AvgIpc) is 2.72. The number of amides is 1. The highest BCUT2D eigenvalue weighted by Gasteiger charge is 2.25. The molecule has 0 aromatic carbocycles. The van der Waals surface area contributed by atoms with E-state index in [1.54, 1.807) is 11.8 Å². The maximum atomic E-state index is 11.8. The lowest BCUT2D eigenvalue weighted by atomic mass is 10.2. The molecule has 1 amide bonds. The summed E-state index contributed by atoms with van der Waals surface area (Å²) in [6.07, 6.45) is 1.08. The Kier molecular flexibility index (Phi) is 6.19. The summed E-state index contributed by atoms with van der Waals surface area (Å²) in [7, 11) is 0. The van der Waals surface area contributed by atoms with E-state index in [1.807, 2.05) is 11.8 Å². The zero-order valence-corrected chi connectivity index (χ0v) is 11.0. The first-order valence-corrected chi connectivity index (χ1v) is 7.27. The van der Waals surface area contributed by atoms with Crippen LogP contribution in [0.4, 0.5) is 0 Å². The number of rotatable bonds is 2. The second-order valence-corrected chi connectivity index (χ2v) is 6.09. The molecule has 2 N–H and O–H groups in total. The van der Waals surface area contributed by atoms with Gasteiger partial charge in [-0.15, -0.1) is 24.2 Å². The molecule has 2 rings (SSSR count). The van der Waals surface area contributed by atoms with E-state index in [0.29, 0.717) is 6.04 Å². The van der Waals surface area contributed by atoms with Crippen molar-refractivity contribution in [3.8, 4) is 0 Å². The number of hydrogen-bond acceptors (Lipinski definition) is 4. The molecule has 0 spiro atoms. The quantitative estimate of drug-likeness (QED) is 0.775. The van der Waals surface area contributed by atoms with Gasteiger partial charge in [-0.05, 0) is 13.0 Å². The summed E-state index contributed by atoms with van der Waals surface area (Å²) in [4.78, 5) is 11.8. The lowest BCUT2D eigenvalue weighted by molar-refractivity contribution is -0.120. The number of thioether (sulfide) groups is 2. The number of halogens is 1. The van der Waals surface area contributed by atoms with Gasteiger partial charge < -0.3 is 10.6 Å². The lowest BCUT2D eigenvalue weighted by Gasteiger charge is -2.22. The Labute approximate surface area is 105 Å². The molecular formula is C9H17ClN2OS2. The molecule has 0 saturated carbocycles. The van der Waals surface area contributed by atoms with Crippen molar-refractivity contribution in [1.29, 1.82) is 0 Å². The van der Waals surface area contributed by atoms with Crippen molar-refractivity contribution in [3.63, 3.8) is 0 Å². The topological polar surface area (TPSA) is 41.1 Å². The van der Waals surface area contributed by atoms with Crippen LogP contribution >= 0.6 is 35.9 Å². The second kappa shape index (κ2) is 6.89. The fourth-order valence-corrected chi connectivity index (χ4v) is 4.28. The van der Waals surface area contributed by atoms with E-state index < -0.39 is 0 Å². The maximum absolute atomic E-state index is 11.8. The summed E-state index contributed by atoms with van der Waals surface area (Å²) >= 11 is 3.69. The summed E-state index contributed by atoms with van der Waals surface area (Å²) in [5, 5.41) is 6.56. The largest absolute Gasteiger partial charge is 0.351 e. The van der Waals surface area contributed by atoms with E-state index in [0.717, 1.165) is 31.0 Å². The molecule has 2 aliphatic heterocycles. The smallest absolute Gasteiger partial charge is 0.234 e. The Morgan fingerprint density at radius 2 is 2.27 bits per heavy atom. The van der Waals surface area contributed by atoms with Gasteiger partial charge in [0.15, 0.2) is 0 Å². The Morgan fingerprint density at radius 3 is 2.87 bits per heavy atom. The Bertz CT molecular complexity index is 206. The van der Waals surface area contributed by atoms with Crippen LogP contribution in [0.3, 0.4) is 0 Å². The standard InChI is InChI=1S/C9H16N2OS2.ClH/c12-9(8-6-13-3-4-14-8)11-7-1-2-10-5-7;/h7-8,10H,1-6H2,(H,11,12);1H. The van der Waals surface area contributed by atoms with Crippen LogP contribution in [-0.4, -0.2) is 47.5 Å². The molecule has 0 aliphatic carbocycles. The van der Waals surface area contributed by atoms with Crippen LogP contribution in [-0.2, 0) is 4.79 Å². The average molecular weight is 269 g/mol. The SMILES string of the molecule is Cl.O=C(NC1CCNC1)C1CSCCS1. The lowest BCUT2D eigenvalue weighted by Crippen LogP contribution is -2.43. The van der Waals surface area contributed by atoms with Crippen LogP contribution in [0.25, 0.3) is 0 Å². The molecule has 3 nitrogen and oxygen atoms in total. The Balaban J connectivity index is 0.00000112. The zero-order chi connectivity index (χ0) is 9.80. The van der Waals surface area contributed by atoms with Crippen molar-refractivity contribution in [2.24, 2.45) is 0 Å². The van der Waals surface area contributed by atoms with Crippen molar-refractivity contribution in [3.05, 3.63) is 0 Å². The molecule has 88 valence electrons. The molecule has 0 bridgehead atoms. The maximum Gasteiger partial charge on any atom is 0.234 e. The summed E-state index contributed by atoms with van der Waals surface area (Å²) in [6, 6.07) is 0.370. The van der Waals surface area contributed by atoms with Gasteiger partial charge in [0.25, 0.3) is 0 Å². The van der Waals surface area contributed by atoms with Crippen LogP contribution < -0.4 is 10.6 Å². The first-order chi connectivity index (χ1) is 6.86. The molecule has 0 aromatic heterocycles. The monoisotopic (exact) mass is 268 g/mol. The number of nitrogens with one attached hydrogen (secondary N) is 2. The van der Waals surface area contributed by atoms with Crippen LogP contribution in [0.15, 0.2) is 0 Å². The summed E-state index contributed by atoms with van der Waals surface area (Å²) in [5.41, 5.74) is 0. The minimum Gasteiger partial charge on any atom is -0.351 e. The fourth-order valence-electron chi connectivity index (χ4n) is 1.71.